The van der Waals surface area contributed by atoms with Gasteiger partial charge in [0, 0.05) is 47.0 Å². The number of H-pyrrole nitrogens is 1. The molecule has 0 saturated carbocycles. The first kappa shape index (κ1) is 39.8. The number of hydrogen-bond acceptors (Lipinski definition) is 4. The molecule has 6 aromatic rings. The molecule has 7 rings (SSSR count). The van der Waals surface area contributed by atoms with E-state index in [4.69, 9.17) is 17.9 Å². The molecule has 2 atom stereocenters. The normalized spacial score (nSPS) is 15.3. The van der Waals surface area contributed by atoms with Crippen LogP contribution >= 0.6 is 0 Å². The van der Waals surface area contributed by atoms with Gasteiger partial charge in [-0.05, 0) is 98.5 Å². The first-order valence-electron chi connectivity index (χ1n) is 16.6. The van der Waals surface area contributed by atoms with E-state index >= 15 is 0 Å². The summed E-state index contributed by atoms with van der Waals surface area (Å²) in [7, 11) is 0. The molecule has 0 bridgehead atoms. The second kappa shape index (κ2) is 16.6. The Kier molecular flexibility index (Phi) is 12.5. The fourth-order valence-corrected chi connectivity index (χ4v) is 5.68. The molecule has 8 nitrogen and oxygen atoms in total. The van der Waals surface area contributed by atoms with E-state index in [1.807, 2.05) is 39.0 Å². The van der Waals surface area contributed by atoms with Gasteiger partial charge in [0.1, 0.15) is 22.8 Å². The van der Waals surface area contributed by atoms with E-state index in [2.05, 4.69) is 14.7 Å². The number of nitrogens with one attached hydrogen (secondary N) is 1. The van der Waals surface area contributed by atoms with Crippen molar-refractivity contribution in [1.82, 2.24) is 9.55 Å². The van der Waals surface area contributed by atoms with E-state index in [1.165, 1.54) is 31.2 Å². The summed E-state index contributed by atoms with van der Waals surface area (Å²) in [5.74, 6) is -0.706. The number of fused-ring (bicyclic) bond motifs is 2. The Labute approximate surface area is 308 Å². The lowest BCUT2D eigenvalue weighted by atomic mass is 9.94. The third-order valence-electron chi connectivity index (χ3n) is 8.99. The maximum atomic E-state index is 13.3. The number of rotatable bonds is 8. The number of aromatic amines is 1. The summed E-state index contributed by atoms with van der Waals surface area (Å²) in [4.78, 5) is 34.2. The highest BCUT2D eigenvalue weighted by molar-refractivity contribution is 5.91. The summed E-state index contributed by atoms with van der Waals surface area (Å²) in [6.07, 6.45) is 4.00. The van der Waals surface area contributed by atoms with Crippen LogP contribution in [0.5, 0.6) is 0 Å². The molecule has 1 aliphatic rings. The van der Waals surface area contributed by atoms with Crippen molar-refractivity contribution in [2.45, 2.75) is 65.7 Å². The van der Waals surface area contributed by atoms with Gasteiger partial charge in [-0.2, -0.15) is 0 Å². The molecule has 3 heterocycles. The number of aliphatic hydroxyl groups is 1. The quantitative estimate of drug-likeness (QED) is 0.121. The van der Waals surface area contributed by atoms with Crippen LogP contribution in [0.1, 0.15) is 43.5 Å². The Morgan fingerprint density at radius 3 is 2.00 bits per heavy atom. The monoisotopic (exact) mass is 716 g/mol. The van der Waals surface area contributed by atoms with Crippen LogP contribution in [0.4, 0.5) is 20.2 Å². The van der Waals surface area contributed by atoms with E-state index in [-0.39, 0.29) is 43.6 Å². The van der Waals surface area contributed by atoms with Gasteiger partial charge in [0.25, 0.3) is 0 Å². The predicted molar refractivity (Wildman–Crippen MR) is 204 cm³/mol. The van der Waals surface area contributed by atoms with Gasteiger partial charge in [0.05, 0.1) is 26.3 Å². The smallest absolute Gasteiger partial charge is 0.190 e. The van der Waals surface area contributed by atoms with Crippen LogP contribution in [0.15, 0.2) is 97.3 Å². The Morgan fingerprint density at radius 2 is 1.43 bits per heavy atom. The SMILES string of the molecule is C.Fc1ccc2[nH]ccc2c1.[C-]#[N+]c1ccc(CC(=O)[C@@]2(C)CO2)cc1C.[C-]#[N+]c1ccc(CC(=O)[C@](C)(O)Cn2ccc3cc(F)ccc32)cc1C. The number of carbonyl (C=O) groups is 2. The number of hydrogen-bond donors (Lipinski definition) is 2. The number of carbonyl (C=O) groups excluding carboxylic acids is 2. The van der Waals surface area contributed by atoms with Gasteiger partial charge >= 0.3 is 0 Å². The summed E-state index contributed by atoms with van der Waals surface area (Å²) < 4.78 is 32.7. The highest BCUT2D eigenvalue weighted by Gasteiger charge is 2.46. The lowest BCUT2D eigenvalue weighted by Gasteiger charge is -2.23. The summed E-state index contributed by atoms with van der Waals surface area (Å²) in [5.41, 5.74) is 4.26. The number of nitrogens with zero attached hydrogens (tertiary/aromatic N) is 3. The molecular formula is C43H42F2N4O4. The fourth-order valence-electron chi connectivity index (χ4n) is 5.68. The molecule has 272 valence electrons. The summed E-state index contributed by atoms with van der Waals surface area (Å²) in [6, 6.07) is 23.4. The fraction of sp³-hybridized carbons (Fsp3) is 0.256. The molecule has 1 saturated heterocycles. The standard InChI is InChI=1S/C21H19FN2O2.C13H13NO2.C8H6FN.CH4/c1-14-10-15(4-6-18(14)23-3)11-20(25)21(2,26)13-24-9-8-16-12-17(22)5-7-19(16)24;1-9-6-10(4-5-11(9)14-3)7-12(15)13(2)8-16-13;9-7-1-2-8-6(5-7)3-4-10-8;/h4-10,12,26H,11,13H2,1-2H3;4-6H,7-8H2,1-2H3;1-5,10H;1H4/t21-;13-;;/m11../s1. The number of ether oxygens (including phenoxy) is 1. The topological polar surface area (TPSA) is 96.3 Å². The summed E-state index contributed by atoms with van der Waals surface area (Å²) in [6.45, 7) is 21.7. The second-order valence-corrected chi connectivity index (χ2v) is 13.3. The van der Waals surface area contributed by atoms with E-state index in [0.717, 1.165) is 44.1 Å². The van der Waals surface area contributed by atoms with Gasteiger partial charge in [-0.25, -0.2) is 18.5 Å². The minimum Gasteiger partial charge on any atom is -0.380 e. The van der Waals surface area contributed by atoms with Crippen LogP contribution < -0.4 is 0 Å². The molecule has 1 fully saturated rings. The molecule has 2 N–H and O–H groups in total. The minimum atomic E-state index is -1.56. The van der Waals surface area contributed by atoms with Gasteiger partial charge in [0.15, 0.2) is 22.9 Å². The van der Waals surface area contributed by atoms with Crippen molar-refractivity contribution in [3.05, 3.63) is 154 Å². The molecule has 1 aliphatic heterocycles. The van der Waals surface area contributed by atoms with Crippen LogP contribution in [-0.2, 0) is 33.7 Å². The molecule has 2 aromatic heterocycles. The van der Waals surface area contributed by atoms with Crippen molar-refractivity contribution in [3.8, 4) is 0 Å². The van der Waals surface area contributed by atoms with Crippen molar-refractivity contribution in [1.29, 1.82) is 0 Å². The van der Waals surface area contributed by atoms with E-state index < -0.39 is 11.2 Å². The largest absolute Gasteiger partial charge is 0.380 e. The number of epoxide rings is 1. The predicted octanol–water partition coefficient (Wildman–Crippen LogP) is 9.59. The van der Waals surface area contributed by atoms with Gasteiger partial charge in [-0.1, -0.05) is 43.8 Å². The van der Waals surface area contributed by atoms with E-state index in [0.29, 0.717) is 24.4 Å². The number of aryl methyl sites for hydroxylation is 2. The molecule has 4 aromatic carbocycles. The third-order valence-corrected chi connectivity index (χ3v) is 8.99. The third kappa shape index (κ3) is 9.90. The van der Waals surface area contributed by atoms with Crippen molar-refractivity contribution < 1.29 is 28.2 Å². The van der Waals surface area contributed by atoms with Crippen LogP contribution in [0.3, 0.4) is 0 Å². The molecule has 0 radical (unpaired) electrons. The number of aromatic nitrogens is 2. The van der Waals surface area contributed by atoms with Gasteiger partial charge in [0.2, 0.25) is 0 Å². The Hall–Kier alpha value is -5.94. The molecule has 53 heavy (non-hydrogen) atoms. The van der Waals surface area contributed by atoms with Crippen LogP contribution in [0, 0.1) is 38.6 Å². The summed E-state index contributed by atoms with van der Waals surface area (Å²) in [5, 5.41) is 12.3. The van der Waals surface area contributed by atoms with Crippen molar-refractivity contribution >= 4 is 44.7 Å². The molecule has 0 unspecified atom stereocenters. The van der Waals surface area contributed by atoms with Crippen LogP contribution in [0.25, 0.3) is 31.5 Å². The molecule has 0 aliphatic carbocycles. The highest BCUT2D eigenvalue weighted by atomic mass is 19.1. The molecule has 0 spiro atoms. The minimum absolute atomic E-state index is 0. The maximum absolute atomic E-state index is 13.3. The van der Waals surface area contributed by atoms with Gasteiger partial charge in [-0.15, -0.1) is 0 Å². The Morgan fingerprint density at radius 1 is 0.868 bits per heavy atom. The van der Waals surface area contributed by atoms with Crippen molar-refractivity contribution in [2.24, 2.45) is 0 Å². The summed E-state index contributed by atoms with van der Waals surface area (Å²) >= 11 is 0. The van der Waals surface area contributed by atoms with Gasteiger partial charge < -0.3 is 19.4 Å². The number of ketones is 2. The average Bonchev–Trinajstić information content (AvgIpc) is 3.50. The highest BCUT2D eigenvalue weighted by Crippen LogP contribution is 2.29. The number of Topliss-reactive ketones (excluding diaryl/α,β-unsaturated/α-hetero) is 2. The zero-order valence-electron chi connectivity index (χ0n) is 29.3. The zero-order valence-corrected chi connectivity index (χ0v) is 29.3. The Balaban J connectivity index is 0.000000196. The Bertz CT molecular complexity index is 2360. The first-order chi connectivity index (χ1) is 24.7. The molecule has 0 amide bonds. The number of halogens is 2. The van der Waals surface area contributed by atoms with Crippen molar-refractivity contribution in [3.63, 3.8) is 0 Å². The van der Waals surface area contributed by atoms with E-state index in [1.54, 1.807) is 59.4 Å². The zero-order chi connectivity index (χ0) is 37.6. The lowest BCUT2D eigenvalue weighted by Crippen LogP contribution is -2.40. The van der Waals surface area contributed by atoms with Crippen molar-refractivity contribution in [2.75, 3.05) is 6.61 Å². The van der Waals surface area contributed by atoms with Crippen LogP contribution in [-0.4, -0.2) is 44.0 Å². The number of benzene rings is 4. The van der Waals surface area contributed by atoms with Crippen LogP contribution in [0.2, 0.25) is 0 Å². The first-order valence-corrected chi connectivity index (χ1v) is 16.6. The van der Waals surface area contributed by atoms with E-state index in [9.17, 15) is 23.5 Å². The lowest BCUT2D eigenvalue weighted by molar-refractivity contribution is -0.136. The van der Waals surface area contributed by atoms with Gasteiger partial charge in [-0.3, -0.25) is 9.59 Å². The molecule has 10 heteroatoms. The average molecular weight is 717 g/mol. The maximum Gasteiger partial charge on any atom is 0.190 e. The second-order valence-electron chi connectivity index (χ2n) is 13.3. The molecular weight excluding hydrogens is 674 g/mol.